The van der Waals surface area contributed by atoms with E-state index in [2.05, 4.69) is 16.6 Å². The van der Waals surface area contributed by atoms with Gasteiger partial charge >= 0.3 is 0 Å². The lowest BCUT2D eigenvalue weighted by atomic mass is 10.1. The zero-order chi connectivity index (χ0) is 10.4. The molecule has 0 atom stereocenters. The van der Waals surface area contributed by atoms with E-state index in [0.29, 0.717) is 5.35 Å². The Hall–Kier alpha value is -2.16. The number of rotatable bonds is 0. The highest BCUT2D eigenvalue weighted by Crippen LogP contribution is 2.30. The van der Waals surface area contributed by atoms with Crippen LogP contribution in [0, 0.1) is 0 Å². The van der Waals surface area contributed by atoms with E-state index in [1.54, 1.807) is 6.07 Å². The molecule has 1 aliphatic heterocycles. The van der Waals surface area contributed by atoms with E-state index in [1.807, 2.05) is 24.3 Å². The van der Waals surface area contributed by atoms with Gasteiger partial charge in [0.05, 0.1) is 16.4 Å². The van der Waals surface area contributed by atoms with E-state index in [9.17, 15) is 4.79 Å². The van der Waals surface area contributed by atoms with Crippen LogP contribution in [0.25, 0.3) is 17.7 Å². The van der Waals surface area contributed by atoms with Crippen molar-refractivity contribution in [1.82, 2.24) is 4.98 Å². The zero-order valence-electron chi connectivity index (χ0n) is 7.95. The topological polar surface area (TPSA) is 45.2 Å². The lowest BCUT2D eigenvalue weighted by Crippen LogP contribution is -2.33. The molecule has 2 heterocycles. The molecule has 0 aliphatic carbocycles. The van der Waals surface area contributed by atoms with Crippen molar-refractivity contribution < 1.29 is 0 Å². The molecule has 72 valence electrons. The first kappa shape index (κ1) is 8.17. The monoisotopic (exact) mass is 196 g/mol. The minimum Gasteiger partial charge on any atom is -0.321 e. The average Bonchev–Trinajstić information content (AvgIpc) is 2.57. The van der Waals surface area contributed by atoms with Gasteiger partial charge in [0.2, 0.25) is 5.56 Å². The summed E-state index contributed by atoms with van der Waals surface area (Å²) < 4.78 is 0. The molecule has 0 spiro atoms. The van der Waals surface area contributed by atoms with Gasteiger partial charge in [0.1, 0.15) is 0 Å². The van der Waals surface area contributed by atoms with Gasteiger partial charge in [0.25, 0.3) is 0 Å². The van der Waals surface area contributed by atoms with E-state index in [0.717, 1.165) is 22.2 Å². The van der Waals surface area contributed by atoms with Crippen molar-refractivity contribution in [2.75, 3.05) is 0 Å². The second-order valence-electron chi connectivity index (χ2n) is 3.50. The molecule has 15 heavy (non-hydrogen) atoms. The van der Waals surface area contributed by atoms with E-state index < -0.39 is 0 Å². The molecular weight excluding hydrogens is 188 g/mol. The molecule has 1 aromatic carbocycles. The predicted octanol–water partition coefficient (Wildman–Crippen LogP) is 0.717. The van der Waals surface area contributed by atoms with Gasteiger partial charge in [-0.05, 0) is 6.07 Å². The summed E-state index contributed by atoms with van der Waals surface area (Å²) >= 11 is 0. The second-order valence-corrected chi connectivity index (χ2v) is 3.50. The van der Waals surface area contributed by atoms with Crippen molar-refractivity contribution >= 4 is 12.3 Å². The lowest BCUT2D eigenvalue weighted by molar-refractivity contribution is 1.14. The van der Waals surface area contributed by atoms with Crippen molar-refractivity contribution in [2.45, 2.75) is 0 Å². The van der Waals surface area contributed by atoms with E-state index in [-0.39, 0.29) is 5.56 Å². The third-order valence-electron chi connectivity index (χ3n) is 2.52. The maximum absolute atomic E-state index is 11.3. The summed E-state index contributed by atoms with van der Waals surface area (Å²) in [6.45, 7) is 3.79. The minimum absolute atomic E-state index is 0.134. The van der Waals surface area contributed by atoms with Crippen LogP contribution in [0.2, 0.25) is 0 Å². The number of H-pyrrole nitrogens is 1. The molecule has 0 saturated carbocycles. The summed E-state index contributed by atoms with van der Waals surface area (Å²) in [6, 6.07) is 9.33. The number of hydrogen-bond acceptors (Lipinski definition) is 2. The average molecular weight is 196 g/mol. The molecule has 0 radical (unpaired) electrons. The number of nitrogens with one attached hydrogen (secondary N) is 1. The number of aromatic nitrogens is 1. The standard InChI is InChI=1S/C12H8N2O/c1-7-12-9(6-11(15)13-7)8-4-2-3-5-10(8)14-12/h2-6H,1H2,(H,13,15). The van der Waals surface area contributed by atoms with Gasteiger partial charge in [0.15, 0.2) is 0 Å². The fourth-order valence-electron chi connectivity index (χ4n) is 1.86. The summed E-state index contributed by atoms with van der Waals surface area (Å²) in [5, 5.41) is 1.35. The molecule has 1 aliphatic rings. The molecular formula is C12H8N2O. The normalized spacial score (nSPS) is 11.7. The highest BCUT2D eigenvalue weighted by Gasteiger charge is 2.13. The second kappa shape index (κ2) is 2.67. The van der Waals surface area contributed by atoms with Gasteiger partial charge in [-0.2, -0.15) is 0 Å². The Morgan fingerprint density at radius 1 is 1.20 bits per heavy atom. The molecule has 3 rings (SSSR count). The molecule has 0 amide bonds. The third-order valence-corrected chi connectivity index (χ3v) is 2.52. The van der Waals surface area contributed by atoms with Crippen LogP contribution in [0.3, 0.4) is 0 Å². The van der Waals surface area contributed by atoms with Crippen LogP contribution in [0.5, 0.6) is 0 Å². The molecule has 1 N–H and O–H groups in total. The fraction of sp³-hybridized carbons (Fsp3) is 0. The number of pyridine rings is 1. The number of hydrogen-bond donors (Lipinski definition) is 1. The largest absolute Gasteiger partial charge is 0.321 e. The maximum atomic E-state index is 11.3. The van der Waals surface area contributed by atoms with Crippen molar-refractivity contribution in [3.05, 3.63) is 51.4 Å². The van der Waals surface area contributed by atoms with Crippen LogP contribution >= 0.6 is 0 Å². The van der Waals surface area contributed by atoms with Crippen molar-refractivity contribution in [3.63, 3.8) is 0 Å². The first-order chi connectivity index (χ1) is 7.25. The highest BCUT2D eigenvalue weighted by atomic mass is 16.1. The Morgan fingerprint density at radius 2 is 2.00 bits per heavy atom. The van der Waals surface area contributed by atoms with Gasteiger partial charge < -0.3 is 4.98 Å². The van der Waals surface area contributed by atoms with Crippen molar-refractivity contribution in [1.29, 1.82) is 0 Å². The van der Waals surface area contributed by atoms with Crippen LogP contribution in [-0.2, 0) is 0 Å². The van der Waals surface area contributed by atoms with Gasteiger partial charge in [-0.15, -0.1) is 0 Å². The number of benzene rings is 1. The molecule has 2 aromatic rings. The summed E-state index contributed by atoms with van der Waals surface area (Å²) in [5.74, 6) is 0. The van der Waals surface area contributed by atoms with Gasteiger partial charge in [-0.3, -0.25) is 4.79 Å². The summed E-state index contributed by atoms with van der Waals surface area (Å²) in [4.78, 5) is 18.4. The Bertz CT molecular complexity index is 713. The quantitative estimate of drug-likeness (QED) is 0.565. The van der Waals surface area contributed by atoms with E-state index in [1.165, 1.54) is 0 Å². The summed E-state index contributed by atoms with van der Waals surface area (Å²) in [6.07, 6.45) is 0. The number of nitrogens with zero attached hydrogens (tertiary/aromatic N) is 1. The molecule has 0 bridgehead atoms. The van der Waals surface area contributed by atoms with Crippen LogP contribution in [-0.4, -0.2) is 4.98 Å². The SMILES string of the molecule is C=c1[nH]c(=O)cc2c1=Nc1ccccc1-2. The highest BCUT2D eigenvalue weighted by molar-refractivity contribution is 5.78. The molecule has 0 fully saturated rings. The molecule has 0 unspecified atom stereocenters. The van der Waals surface area contributed by atoms with Crippen molar-refractivity contribution in [2.24, 2.45) is 4.99 Å². The number of aromatic amines is 1. The van der Waals surface area contributed by atoms with Crippen LogP contribution < -0.4 is 16.3 Å². The molecule has 0 saturated heterocycles. The zero-order valence-corrected chi connectivity index (χ0v) is 7.95. The Kier molecular flexibility index (Phi) is 1.45. The van der Waals surface area contributed by atoms with Gasteiger partial charge in [0, 0.05) is 17.2 Å². The fourth-order valence-corrected chi connectivity index (χ4v) is 1.86. The summed E-state index contributed by atoms with van der Waals surface area (Å²) in [7, 11) is 0. The lowest BCUT2D eigenvalue weighted by Gasteiger charge is -1.96. The maximum Gasteiger partial charge on any atom is 0.249 e. The van der Waals surface area contributed by atoms with Crippen LogP contribution in [0.4, 0.5) is 5.69 Å². The predicted molar refractivity (Wildman–Crippen MR) is 58.5 cm³/mol. The van der Waals surface area contributed by atoms with E-state index in [4.69, 9.17) is 0 Å². The van der Waals surface area contributed by atoms with Crippen LogP contribution in [0.1, 0.15) is 0 Å². The Labute approximate surface area is 85.4 Å². The smallest absolute Gasteiger partial charge is 0.249 e. The Balaban J connectivity index is 2.54. The van der Waals surface area contributed by atoms with Crippen molar-refractivity contribution in [3.8, 4) is 11.1 Å². The van der Waals surface area contributed by atoms with Gasteiger partial charge in [-0.1, -0.05) is 24.8 Å². The minimum atomic E-state index is -0.134. The molecule has 1 aromatic heterocycles. The summed E-state index contributed by atoms with van der Waals surface area (Å²) in [5.41, 5.74) is 2.64. The van der Waals surface area contributed by atoms with E-state index >= 15 is 0 Å². The number of para-hydroxylation sites is 1. The first-order valence-electron chi connectivity index (χ1n) is 4.66. The third kappa shape index (κ3) is 1.06. The first-order valence-corrected chi connectivity index (χ1v) is 4.66. The van der Waals surface area contributed by atoms with Gasteiger partial charge in [-0.25, -0.2) is 4.99 Å². The number of fused-ring (bicyclic) bond motifs is 3. The Morgan fingerprint density at radius 3 is 2.87 bits per heavy atom. The van der Waals surface area contributed by atoms with Crippen LogP contribution in [0.15, 0.2) is 40.1 Å². The molecule has 3 nitrogen and oxygen atoms in total. The molecule has 3 heteroatoms.